The van der Waals surface area contributed by atoms with Crippen LogP contribution in [0.4, 0.5) is 5.69 Å². The fourth-order valence-corrected chi connectivity index (χ4v) is 1.83. The topological polar surface area (TPSA) is 107 Å². The van der Waals surface area contributed by atoms with Gasteiger partial charge in [0.1, 0.15) is 0 Å². The summed E-state index contributed by atoms with van der Waals surface area (Å²) in [4.78, 5) is 21.9. The molecule has 0 heterocycles. The Bertz CT molecular complexity index is 481. The van der Waals surface area contributed by atoms with Crippen LogP contribution in [-0.2, 0) is 4.79 Å². The number of carbonyl (C=O) groups excluding carboxylic acids is 1. The number of nitro benzene ring substituents is 1. The van der Waals surface area contributed by atoms with Crippen molar-refractivity contribution in [1.82, 2.24) is 5.43 Å². The maximum Gasteiger partial charge on any atom is 0.312 e. The largest absolute Gasteiger partial charge is 0.473 e. The normalized spacial score (nSPS) is 11.7. The molecule has 0 aliphatic carbocycles. The molecule has 0 aliphatic rings. The van der Waals surface area contributed by atoms with E-state index in [-0.39, 0.29) is 11.4 Å². The molecule has 7 nitrogen and oxygen atoms in total. The van der Waals surface area contributed by atoms with Gasteiger partial charge in [-0.3, -0.25) is 20.3 Å². The number of benzene rings is 1. The first-order valence-corrected chi connectivity index (χ1v) is 6.40. The monoisotopic (exact) mass is 331 g/mol. The van der Waals surface area contributed by atoms with Crippen molar-refractivity contribution in [3.8, 4) is 5.75 Å². The Morgan fingerprint density at radius 2 is 2.32 bits per heavy atom. The van der Waals surface area contributed by atoms with Gasteiger partial charge in [-0.15, -0.1) is 0 Å². The summed E-state index contributed by atoms with van der Waals surface area (Å²) in [7, 11) is 0. The van der Waals surface area contributed by atoms with Gasteiger partial charge in [0.25, 0.3) is 5.91 Å². The number of rotatable bonds is 6. The third-order valence-corrected chi connectivity index (χ3v) is 2.87. The van der Waals surface area contributed by atoms with Crippen LogP contribution >= 0.6 is 15.9 Å². The second-order valence-corrected chi connectivity index (χ2v) is 4.69. The van der Waals surface area contributed by atoms with Gasteiger partial charge in [0.15, 0.2) is 11.9 Å². The van der Waals surface area contributed by atoms with E-state index in [4.69, 9.17) is 10.6 Å². The van der Waals surface area contributed by atoms with Crippen LogP contribution in [0, 0.1) is 10.1 Å². The molecule has 104 valence electrons. The van der Waals surface area contributed by atoms with Crippen molar-refractivity contribution < 1.29 is 14.5 Å². The number of nitrogens with zero attached hydrogens (tertiary/aromatic N) is 1. The Morgan fingerprint density at radius 1 is 1.63 bits per heavy atom. The standard InChI is InChI=1S/C11H14BrN3O4/c1-2-3-10(11(16)14-13)19-9-5-4-7(12)6-8(9)15(17)18/h4-6,10H,2-3,13H2,1H3,(H,14,16). The van der Waals surface area contributed by atoms with Crippen molar-refractivity contribution in [2.45, 2.75) is 25.9 Å². The van der Waals surface area contributed by atoms with E-state index in [1.54, 1.807) is 6.07 Å². The van der Waals surface area contributed by atoms with Crippen LogP contribution in [0.15, 0.2) is 22.7 Å². The van der Waals surface area contributed by atoms with Gasteiger partial charge in [-0.25, -0.2) is 5.84 Å². The van der Waals surface area contributed by atoms with E-state index < -0.39 is 16.9 Å². The number of nitrogens with one attached hydrogen (secondary N) is 1. The number of hydrogen-bond donors (Lipinski definition) is 2. The summed E-state index contributed by atoms with van der Waals surface area (Å²) in [5.41, 5.74) is 1.78. The molecule has 0 spiro atoms. The molecular formula is C11H14BrN3O4. The molecule has 1 atom stereocenters. The van der Waals surface area contributed by atoms with Crippen LogP contribution in [0.5, 0.6) is 5.75 Å². The molecule has 0 bridgehead atoms. The summed E-state index contributed by atoms with van der Waals surface area (Å²) in [6.45, 7) is 1.87. The number of hydrazine groups is 1. The van der Waals surface area contributed by atoms with E-state index in [1.807, 2.05) is 12.3 Å². The molecule has 1 unspecified atom stereocenters. The number of nitro groups is 1. The van der Waals surface area contributed by atoms with E-state index in [0.717, 1.165) is 0 Å². The number of halogens is 1. The summed E-state index contributed by atoms with van der Waals surface area (Å²) < 4.78 is 5.96. The van der Waals surface area contributed by atoms with Crippen LogP contribution in [-0.4, -0.2) is 16.9 Å². The minimum absolute atomic E-state index is 0.0373. The third kappa shape index (κ3) is 4.18. The summed E-state index contributed by atoms with van der Waals surface area (Å²) in [6, 6.07) is 4.36. The quantitative estimate of drug-likeness (QED) is 0.358. The minimum Gasteiger partial charge on any atom is -0.473 e. The van der Waals surface area contributed by atoms with Crippen LogP contribution in [0.2, 0.25) is 0 Å². The summed E-state index contributed by atoms with van der Waals surface area (Å²) in [6.07, 6.45) is 0.244. The predicted octanol–water partition coefficient (Wildman–Crippen LogP) is 1.89. The van der Waals surface area contributed by atoms with Crippen LogP contribution < -0.4 is 16.0 Å². The lowest BCUT2D eigenvalue weighted by molar-refractivity contribution is -0.386. The van der Waals surface area contributed by atoms with Gasteiger partial charge >= 0.3 is 5.69 Å². The number of amides is 1. The average Bonchev–Trinajstić information content (AvgIpc) is 2.38. The second-order valence-electron chi connectivity index (χ2n) is 3.77. The summed E-state index contributed by atoms with van der Waals surface area (Å²) in [5, 5.41) is 10.9. The molecule has 8 heteroatoms. The molecule has 3 N–H and O–H groups in total. The smallest absolute Gasteiger partial charge is 0.312 e. The maximum absolute atomic E-state index is 11.5. The van der Waals surface area contributed by atoms with Gasteiger partial charge < -0.3 is 4.74 Å². The SMILES string of the molecule is CCCC(Oc1ccc(Br)cc1[N+](=O)[O-])C(=O)NN. The molecule has 1 rings (SSSR count). The highest BCUT2D eigenvalue weighted by Crippen LogP contribution is 2.31. The molecule has 0 radical (unpaired) electrons. The summed E-state index contributed by atoms with van der Waals surface area (Å²) >= 11 is 3.14. The molecule has 0 aliphatic heterocycles. The fraction of sp³-hybridized carbons (Fsp3) is 0.364. The van der Waals surface area contributed by atoms with Crippen molar-refractivity contribution in [2.24, 2.45) is 5.84 Å². The number of carbonyl (C=O) groups is 1. The fourth-order valence-electron chi connectivity index (χ4n) is 1.48. The van der Waals surface area contributed by atoms with Crippen LogP contribution in [0.25, 0.3) is 0 Å². The Morgan fingerprint density at radius 3 is 2.84 bits per heavy atom. The van der Waals surface area contributed by atoms with Gasteiger partial charge in [-0.05, 0) is 18.6 Å². The Hall–Kier alpha value is -1.67. The zero-order valence-corrected chi connectivity index (χ0v) is 11.8. The molecule has 1 aromatic rings. The lowest BCUT2D eigenvalue weighted by atomic mass is 10.2. The number of nitrogens with two attached hydrogens (primary N) is 1. The zero-order chi connectivity index (χ0) is 14.4. The Balaban J connectivity index is 3.02. The van der Waals surface area contributed by atoms with Crippen molar-refractivity contribution in [3.05, 3.63) is 32.8 Å². The van der Waals surface area contributed by atoms with Crippen molar-refractivity contribution in [3.63, 3.8) is 0 Å². The first-order valence-electron chi connectivity index (χ1n) is 5.60. The zero-order valence-electron chi connectivity index (χ0n) is 10.3. The van der Waals surface area contributed by atoms with Crippen LogP contribution in [0.3, 0.4) is 0 Å². The lowest BCUT2D eigenvalue weighted by Gasteiger charge is -2.16. The molecular weight excluding hydrogens is 318 g/mol. The van der Waals surface area contributed by atoms with E-state index in [0.29, 0.717) is 17.3 Å². The van der Waals surface area contributed by atoms with E-state index in [2.05, 4.69) is 15.9 Å². The molecule has 19 heavy (non-hydrogen) atoms. The Labute approximate surface area is 118 Å². The highest BCUT2D eigenvalue weighted by atomic mass is 79.9. The van der Waals surface area contributed by atoms with Crippen molar-refractivity contribution in [2.75, 3.05) is 0 Å². The molecule has 0 saturated heterocycles. The molecule has 0 fully saturated rings. The molecule has 0 aromatic heterocycles. The highest BCUT2D eigenvalue weighted by molar-refractivity contribution is 9.10. The van der Waals surface area contributed by atoms with Crippen molar-refractivity contribution >= 4 is 27.5 Å². The maximum atomic E-state index is 11.5. The number of hydrogen-bond acceptors (Lipinski definition) is 5. The van der Waals surface area contributed by atoms with Crippen molar-refractivity contribution in [1.29, 1.82) is 0 Å². The predicted molar refractivity (Wildman–Crippen MR) is 72.5 cm³/mol. The number of ether oxygens (including phenoxy) is 1. The first-order chi connectivity index (χ1) is 8.99. The van der Waals surface area contributed by atoms with E-state index >= 15 is 0 Å². The van der Waals surface area contributed by atoms with Gasteiger partial charge in [0.2, 0.25) is 0 Å². The third-order valence-electron chi connectivity index (χ3n) is 2.37. The van der Waals surface area contributed by atoms with Gasteiger partial charge in [0, 0.05) is 10.5 Å². The van der Waals surface area contributed by atoms with E-state index in [1.165, 1.54) is 12.1 Å². The average molecular weight is 332 g/mol. The second kappa shape index (κ2) is 7.05. The molecule has 0 saturated carbocycles. The Kier molecular flexibility index (Phi) is 5.71. The van der Waals surface area contributed by atoms with E-state index in [9.17, 15) is 14.9 Å². The highest BCUT2D eigenvalue weighted by Gasteiger charge is 2.23. The minimum atomic E-state index is -0.852. The van der Waals surface area contributed by atoms with Gasteiger partial charge in [-0.2, -0.15) is 0 Å². The van der Waals surface area contributed by atoms with Gasteiger partial charge in [0.05, 0.1) is 4.92 Å². The van der Waals surface area contributed by atoms with Gasteiger partial charge in [-0.1, -0.05) is 29.3 Å². The summed E-state index contributed by atoms with van der Waals surface area (Å²) in [5.74, 6) is 4.58. The first kappa shape index (κ1) is 15.4. The lowest BCUT2D eigenvalue weighted by Crippen LogP contribution is -2.42. The molecule has 1 amide bonds. The molecule has 1 aromatic carbocycles. The van der Waals surface area contributed by atoms with Crippen LogP contribution in [0.1, 0.15) is 19.8 Å².